The van der Waals surface area contributed by atoms with Crippen LogP contribution in [0, 0.1) is 0 Å². The molecule has 9 N–H and O–H groups in total. The molecule has 3 saturated heterocycles. The van der Waals surface area contributed by atoms with E-state index in [2.05, 4.69) is 49.4 Å². The van der Waals surface area contributed by atoms with Gasteiger partial charge in [-0.2, -0.15) is 0 Å². The Morgan fingerprint density at radius 2 is 1.18 bits per heavy atom. The van der Waals surface area contributed by atoms with Crippen LogP contribution in [0.1, 0.15) is 32.7 Å². The molecule has 0 radical (unpaired) electrons. The standard InChI is InChI=1S/C32H49N9O3/c33-31-19-34-10-13-37-22-32(23-38-14-11-35-20-31,24-39-15-12-36-21-31)40-18-25-6-8-26(9-7-25)44-17-3-16-41-29(42)27-4-1-2-5-28(27)30(41)43/h1-2,4-9,34-40H,3,10-24,33H2. The van der Waals surface area contributed by atoms with Crippen LogP contribution in [0.5, 0.6) is 5.75 Å². The van der Waals surface area contributed by atoms with E-state index in [1.807, 2.05) is 12.1 Å². The van der Waals surface area contributed by atoms with Crippen molar-refractivity contribution in [2.24, 2.45) is 5.73 Å². The summed E-state index contributed by atoms with van der Waals surface area (Å²) in [5, 5.41) is 25.5. The molecule has 2 aromatic rings. The first kappa shape index (κ1) is 32.5. The molecule has 0 saturated carbocycles. The van der Waals surface area contributed by atoms with E-state index in [0.717, 1.165) is 90.8 Å². The van der Waals surface area contributed by atoms with Gasteiger partial charge in [0.15, 0.2) is 0 Å². The SMILES string of the molecule is NC12CNCCNCC(NCc3ccc(OCCCN4C(=O)c5ccccc5C4=O)cc3)(CNCCNC1)CNCCNC2. The molecule has 0 atom stereocenters. The van der Waals surface area contributed by atoms with Crippen molar-refractivity contribution in [1.29, 1.82) is 0 Å². The number of hydrogen-bond donors (Lipinski definition) is 8. The van der Waals surface area contributed by atoms with Gasteiger partial charge in [0.05, 0.1) is 28.8 Å². The van der Waals surface area contributed by atoms with Crippen LogP contribution in [0.2, 0.25) is 0 Å². The Bertz CT molecular complexity index is 1150. The van der Waals surface area contributed by atoms with Crippen LogP contribution in [-0.4, -0.2) is 119 Å². The van der Waals surface area contributed by atoms with Crippen LogP contribution < -0.4 is 47.7 Å². The zero-order chi connectivity index (χ0) is 30.7. The van der Waals surface area contributed by atoms with Gasteiger partial charge in [0.25, 0.3) is 11.8 Å². The van der Waals surface area contributed by atoms with Crippen molar-refractivity contribution < 1.29 is 14.3 Å². The lowest BCUT2D eigenvalue weighted by Crippen LogP contribution is -2.66. The minimum absolute atomic E-state index is 0.189. The highest BCUT2D eigenvalue weighted by Crippen LogP contribution is 2.22. The number of amides is 2. The Hall–Kier alpha value is -2.94. The highest BCUT2D eigenvalue weighted by atomic mass is 16.5. The van der Waals surface area contributed by atoms with Crippen LogP contribution in [0.25, 0.3) is 0 Å². The molecule has 2 bridgehead atoms. The van der Waals surface area contributed by atoms with E-state index in [4.69, 9.17) is 10.5 Å². The van der Waals surface area contributed by atoms with Gasteiger partial charge >= 0.3 is 0 Å². The van der Waals surface area contributed by atoms with Crippen molar-refractivity contribution in [3.8, 4) is 5.75 Å². The second kappa shape index (κ2) is 15.9. The normalized spacial score (nSPS) is 25.8. The summed E-state index contributed by atoms with van der Waals surface area (Å²) in [7, 11) is 0. The Kier molecular flexibility index (Phi) is 11.7. The number of carbonyl (C=O) groups excluding carboxylic acids is 2. The van der Waals surface area contributed by atoms with E-state index in [1.54, 1.807) is 24.3 Å². The molecule has 6 rings (SSSR count). The minimum Gasteiger partial charge on any atom is -0.494 e. The number of ether oxygens (including phenoxy) is 1. The maximum Gasteiger partial charge on any atom is 0.261 e. The van der Waals surface area contributed by atoms with E-state index >= 15 is 0 Å². The molecule has 4 heterocycles. The average Bonchev–Trinajstić information content (AvgIpc) is 3.28. The fraction of sp³-hybridized carbons (Fsp3) is 0.562. The van der Waals surface area contributed by atoms with Gasteiger partial charge in [0.2, 0.25) is 0 Å². The first-order valence-corrected chi connectivity index (χ1v) is 15.9. The van der Waals surface area contributed by atoms with E-state index in [1.165, 1.54) is 10.5 Å². The quantitative estimate of drug-likeness (QED) is 0.135. The predicted molar refractivity (Wildman–Crippen MR) is 172 cm³/mol. The molecule has 44 heavy (non-hydrogen) atoms. The molecule has 0 aliphatic carbocycles. The molecule has 2 aromatic carbocycles. The van der Waals surface area contributed by atoms with Crippen LogP contribution in [0.4, 0.5) is 0 Å². The number of benzene rings is 2. The highest BCUT2D eigenvalue weighted by molar-refractivity contribution is 6.21. The fourth-order valence-corrected chi connectivity index (χ4v) is 5.94. The first-order valence-electron chi connectivity index (χ1n) is 15.9. The molecule has 4 aliphatic rings. The third-order valence-corrected chi connectivity index (χ3v) is 8.52. The van der Waals surface area contributed by atoms with Gasteiger partial charge < -0.3 is 47.7 Å². The molecule has 0 unspecified atom stereocenters. The Morgan fingerprint density at radius 1 is 0.705 bits per heavy atom. The summed E-state index contributed by atoms with van der Waals surface area (Å²) in [6, 6.07) is 15.1. The molecule has 240 valence electrons. The summed E-state index contributed by atoms with van der Waals surface area (Å²) >= 11 is 0. The van der Waals surface area contributed by atoms with Gasteiger partial charge in [-0.3, -0.25) is 14.5 Å². The second-order valence-corrected chi connectivity index (χ2v) is 12.2. The van der Waals surface area contributed by atoms with Gasteiger partial charge in [-0.1, -0.05) is 24.3 Å². The average molecular weight is 608 g/mol. The van der Waals surface area contributed by atoms with Crippen molar-refractivity contribution in [3.05, 3.63) is 65.2 Å². The van der Waals surface area contributed by atoms with E-state index in [9.17, 15) is 9.59 Å². The van der Waals surface area contributed by atoms with Crippen LogP contribution in [0.15, 0.2) is 48.5 Å². The highest BCUT2D eigenvalue weighted by Gasteiger charge is 2.34. The lowest BCUT2D eigenvalue weighted by molar-refractivity contribution is 0.0646. The van der Waals surface area contributed by atoms with E-state index in [0.29, 0.717) is 30.7 Å². The maximum atomic E-state index is 12.6. The fourth-order valence-electron chi connectivity index (χ4n) is 5.94. The number of hydrogen-bond acceptors (Lipinski definition) is 11. The Labute approximate surface area is 260 Å². The number of fused-ring (bicyclic) bond motifs is 16. The maximum absolute atomic E-state index is 12.6. The zero-order valence-electron chi connectivity index (χ0n) is 25.7. The van der Waals surface area contributed by atoms with Crippen molar-refractivity contribution in [1.82, 2.24) is 42.1 Å². The largest absolute Gasteiger partial charge is 0.494 e. The third-order valence-electron chi connectivity index (χ3n) is 8.52. The Balaban J connectivity index is 1.12. The number of nitrogens with two attached hydrogens (primary N) is 1. The summed E-state index contributed by atoms with van der Waals surface area (Å²) in [6.07, 6.45) is 0.567. The minimum atomic E-state index is -0.331. The molecule has 0 aromatic heterocycles. The van der Waals surface area contributed by atoms with Gasteiger partial charge in [0, 0.05) is 91.6 Å². The summed E-state index contributed by atoms with van der Waals surface area (Å²) in [4.78, 5) is 26.4. The van der Waals surface area contributed by atoms with Crippen LogP contribution in [-0.2, 0) is 6.54 Å². The summed E-state index contributed by atoms with van der Waals surface area (Å²) < 4.78 is 5.94. The first-order chi connectivity index (χ1) is 21.5. The zero-order valence-corrected chi connectivity index (χ0v) is 25.7. The topological polar surface area (TPSA) is 157 Å². The van der Waals surface area contributed by atoms with Crippen molar-refractivity contribution in [3.63, 3.8) is 0 Å². The number of rotatable bonds is 8. The van der Waals surface area contributed by atoms with Gasteiger partial charge in [0.1, 0.15) is 5.75 Å². The lowest BCUT2D eigenvalue weighted by atomic mass is 9.97. The molecular formula is C32H49N9O3. The number of nitrogens with one attached hydrogen (secondary N) is 7. The van der Waals surface area contributed by atoms with Crippen molar-refractivity contribution in [2.75, 3.05) is 91.7 Å². The molecule has 12 heteroatoms. The number of carbonyl (C=O) groups is 2. The smallest absolute Gasteiger partial charge is 0.261 e. The van der Waals surface area contributed by atoms with Crippen molar-refractivity contribution in [2.45, 2.75) is 24.0 Å². The van der Waals surface area contributed by atoms with Crippen LogP contribution in [0.3, 0.4) is 0 Å². The Morgan fingerprint density at radius 3 is 1.68 bits per heavy atom. The van der Waals surface area contributed by atoms with Crippen molar-refractivity contribution >= 4 is 11.8 Å². The van der Waals surface area contributed by atoms with E-state index < -0.39 is 0 Å². The molecule has 12 nitrogen and oxygen atoms in total. The van der Waals surface area contributed by atoms with Gasteiger partial charge in [-0.15, -0.1) is 0 Å². The second-order valence-electron chi connectivity index (χ2n) is 12.2. The van der Waals surface area contributed by atoms with E-state index in [-0.39, 0.29) is 22.9 Å². The number of imide groups is 1. The number of nitrogens with zero attached hydrogens (tertiary/aromatic N) is 1. The van der Waals surface area contributed by atoms with Crippen LogP contribution >= 0.6 is 0 Å². The van der Waals surface area contributed by atoms with Gasteiger partial charge in [-0.25, -0.2) is 0 Å². The molecule has 4 aliphatic heterocycles. The summed E-state index contributed by atoms with van der Waals surface area (Å²) in [5.41, 5.74) is 8.32. The predicted octanol–water partition coefficient (Wildman–Crippen LogP) is -1.16. The molecule has 0 spiro atoms. The monoisotopic (exact) mass is 607 g/mol. The third kappa shape index (κ3) is 8.83. The molecule has 3 fully saturated rings. The molecule has 2 amide bonds. The summed E-state index contributed by atoms with van der Waals surface area (Å²) in [6.45, 7) is 11.3. The summed E-state index contributed by atoms with van der Waals surface area (Å²) in [5.74, 6) is 0.314. The van der Waals surface area contributed by atoms with Gasteiger partial charge in [-0.05, 0) is 36.2 Å². The lowest BCUT2D eigenvalue weighted by Gasteiger charge is -2.37. The molecular weight excluding hydrogens is 558 g/mol.